The second-order valence-electron chi connectivity index (χ2n) is 10.2. The summed E-state index contributed by atoms with van der Waals surface area (Å²) in [5.41, 5.74) is 2.22. The molecule has 3 aromatic rings. The molecule has 3 aromatic heterocycles. The van der Waals surface area contributed by atoms with Crippen molar-refractivity contribution >= 4 is 34.4 Å². The van der Waals surface area contributed by atoms with Gasteiger partial charge >= 0.3 is 0 Å². The van der Waals surface area contributed by atoms with Crippen LogP contribution in [-0.2, 0) is 11.3 Å². The average Bonchev–Trinajstić information content (AvgIpc) is 2.92. The van der Waals surface area contributed by atoms with E-state index in [2.05, 4.69) is 39.4 Å². The fraction of sp³-hybridized carbons (Fsp3) is 0.481. The summed E-state index contributed by atoms with van der Waals surface area (Å²) in [7, 11) is 1.58. The zero-order chi connectivity index (χ0) is 26.0. The molecule has 1 aliphatic heterocycles. The summed E-state index contributed by atoms with van der Waals surface area (Å²) >= 11 is 6.49. The highest BCUT2D eigenvalue weighted by Crippen LogP contribution is 2.44. The molecule has 196 valence electrons. The minimum atomic E-state index is -0.182. The maximum absolute atomic E-state index is 11.6. The number of methoxy groups -OCH3 is 1. The van der Waals surface area contributed by atoms with E-state index in [4.69, 9.17) is 25.8 Å². The van der Waals surface area contributed by atoms with Crippen LogP contribution in [0.5, 0.6) is 17.4 Å². The second-order valence-corrected chi connectivity index (χ2v) is 10.6. The van der Waals surface area contributed by atoms with Crippen LogP contribution in [0.2, 0.25) is 5.02 Å². The Morgan fingerprint density at radius 3 is 2.73 bits per heavy atom. The van der Waals surface area contributed by atoms with Crippen molar-refractivity contribution in [3.05, 3.63) is 41.2 Å². The molecule has 2 N–H and O–H groups in total. The summed E-state index contributed by atoms with van der Waals surface area (Å²) in [6.45, 7) is 5.69. The van der Waals surface area contributed by atoms with Gasteiger partial charge in [-0.2, -0.15) is 0 Å². The van der Waals surface area contributed by atoms with Crippen molar-refractivity contribution in [2.45, 2.75) is 58.0 Å². The third-order valence-corrected chi connectivity index (χ3v) is 7.99. The predicted molar refractivity (Wildman–Crippen MR) is 141 cm³/mol. The van der Waals surface area contributed by atoms with Gasteiger partial charge in [0.15, 0.2) is 23.9 Å². The largest absolute Gasteiger partial charge is 0.489 e. The standard InChI is InChI=1S/C27H32ClN5O4/c1-4-27(16-37-24-18(28)14-29-19-6-8-22(35-3)33-23(19)24)11-9-26(2,10-12-27)30-13-17-5-7-20-25(31-17)32-21(34)15-36-20/h5-8,14,30H,4,9-13,15-16H2,1-3H3,(H,31,32,34). The zero-order valence-electron chi connectivity index (χ0n) is 21.4. The molecular weight excluding hydrogens is 494 g/mol. The Morgan fingerprint density at radius 1 is 1.16 bits per heavy atom. The summed E-state index contributed by atoms with van der Waals surface area (Å²) in [6.07, 6.45) is 6.67. The van der Waals surface area contributed by atoms with Crippen molar-refractivity contribution in [1.82, 2.24) is 20.3 Å². The molecule has 0 bridgehead atoms. The molecule has 1 aliphatic carbocycles. The van der Waals surface area contributed by atoms with E-state index in [1.807, 2.05) is 18.2 Å². The van der Waals surface area contributed by atoms with E-state index < -0.39 is 0 Å². The summed E-state index contributed by atoms with van der Waals surface area (Å²) in [5.74, 6) is 1.96. The molecule has 1 amide bonds. The number of hydrogen-bond acceptors (Lipinski definition) is 8. The average molecular weight is 526 g/mol. The summed E-state index contributed by atoms with van der Waals surface area (Å²) in [6, 6.07) is 7.43. The molecule has 5 rings (SSSR count). The van der Waals surface area contributed by atoms with Crippen LogP contribution in [0.1, 0.15) is 51.6 Å². The zero-order valence-corrected chi connectivity index (χ0v) is 22.2. The second kappa shape index (κ2) is 10.3. The molecule has 37 heavy (non-hydrogen) atoms. The van der Waals surface area contributed by atoms with E-state index in [1.165, 1.54) is 0 Å². The van der Waals surface area contributed by atoms with Gasteiger partial charge in [0.2, 0.25) is 5.88 Å². The van der Waals surface area contributed by atoms with Gasteiger partial charge in [-0.3, -0.25) is 9.78 Å². The number of rotatable bonds is 8. The SMILES string of the molecule is CCC1(COc2c(Cl)cnc3ccc(OC)nc23)CCC(C)(NCc2ccc3c(n2)NC(=O)CO3)CC1. The summed E-state index contributed by atoms with van der Waals surface area (Å²) in [4.78, 5) is 25.1. The van der Waals surface area contributed by atoms with Gasteiger partial charge in [0.25, 0.3) is 5.91 Å². The molecule has 0 radical (unpaired) electrons. The van der Waals surface area contributed by atoms with Crippen molar-refractivity contribution in [3.63, 3.8) is 0 Å². The van der Waals surface area contributed by atoms with Gasteiger partial charge in [0, 0.05) is 23.6 Å². The van der Waals surface area contributed by atoms with Gasteiger partial charge in [-0.25, -0.2) is 9.97 Å². The maximum atomic E-state index is 11.6. The van der Waals surface area contributed by atoms with E-state index in [0.29, 0.717) is 52.4 Å². The third kappa shape index (κ3) is 5.43. The number of aromatic nitrogens is 3. The fourth-order valence-electron chi connectivity index (χ4n) is 4.99. The van der Waals surface area contributed by atoms with Crippen LogP contribution < -0.4 is 24.8 Å². The molecule has 0 saturated heterocycles. The number of amides is 1. The third-order valence-electron chi connectivity index (χ3n) is 7.72. The van der Waals surface area contributed by atoms with Crippen molar-refractivity contribution in [1.29, 1.82) is 0 Å². The summed E-state index contributed by atoms with van der Waals surface area (Å²) < 4.78 is 17.1. The van der Waals surface area contributed by atoms with E-state index in [-0.39, 0.29) is 23.5 Å². The topological polar surface area (TPSA) is 107 Å². The minimum Gasteiger partial charge on any atom is -0.489 e. The first-order chi connectivity index (χ1) is 17.8. The highest BCUT2D eigenvalue weighted by molar-refractivity contribution is 6.32. The Kier molecular flexibility index (Phi) is 7.09. The Morgan fingerprint density at radius 2 is 1.97 bits per heavy atom. The van der Waals surface area contributed by atoms with Gasteiger partial charge in [-0.05, 0) is 57.2 Å². The molecule has 0 atom stereocenters. The van der Waals surface area contributed by atoms with E-state index >= 15 is 0 Å². The first-order valence-electron chi connectivity index (χ1n) is 12.6. The van der Waals surface area contributed by atoms with Crippen LogP contribution in [0.3, 0.4) is 0 Å². The van der Waals surface area contributed by atoms with Crippen molar-refractivity contribution in [2.24, 2.45) is 5.41 Å². The van der Waals surface area contributed by atoms with E-state index in [0.717, 1.165) is 37.8 Å². The van der Waals surface area contributed by atoms with Gasteiger partial charge in [-0.15, -0.1) is 0 Å². The van der Waals surface area contributed by atoms with Gasteiger partial charge in [-0.1, -0.05) is 18.5 Å². The molecule has 10 heteroatoms. The number of pyridine rings is 3. The van der Waals surface area contributed by atoms with Crippen LogP contribution in [0.25, 0.3) is 11.0 Å². The smallest absolute Gasteiger partial charge is 0.263 e. The lowest BCUT2D eigenvalue weighted by Crippen LogP contribution is -2.48. The van der Waals surface area contributed by atoms with Crippen LogP contribution >= 0.6 is 11.6 Å². The number of nitrogens with one attached hydrogen (secondary N) is 2. The van der Waals surface area contributed by atoms with Crippen LogP contribution in [0.15, 0.2) is 30.5 Å². The Bertz CT molecular complexity index is 1310. The van der Waals surface area contributed by atoms with Crippen molar-refractivity contribution in [2.75, 3.05) is 25.6 Å². The number of carbonyl (C=O) groups excluding carboxylic acids is 1. The molecule has 2 aliphatic rings. The monoisotopic (exact) mass is 525 g/mol. The molecule has 1 fully saturated rings. The Labute approximate surface area is 221 Å². The molecule has 1 saturated carbocycles. The van der Waals surface area contributed by atoms with Gasteiger partial charge in [0.05, 0.1) is 31.1 Å². The number of hydrogen-bond donors (Lipinski definition) is 2. The van der Waals surface area contributed by atoms with Crippen molar-refractivity contribution in [3.8, 4) is 17.4 Å². The van der Waals surface area contributed by atoms with Gasteiger partial charge in [0.1, 0.15) is 10.5 Å². The predicted octanol–water partition coefficient (Wildman–Crippen LogP) is 4.92. The first kappa shape index (κ1) is 25.5. The molecular formula is C27H32ClN5O4. The van der Waals surface area contributed by atoms with Crippen LogP contribution in [-0.4, -0.2) is 46.7 Å². The first-order valence-corrected chi connectivity index (χ1v) is 13.0. The molecule has 4 heterocycles. The lowest BCUT2D eigenvalue weighted by Gasteiger charge is -2.45. The van der Waals surface area contributed by atoms with Gasteiger partial charge < -0.3 is 24.8 Å². The van der Waals surface area contributed by atoms with E-state index in [9.17, 15) is 4.79 Å². The Hall–Kier alpha value is -3.17. The number of fused-ring (bicyclic) bond motifs is 2. The number of carbonyl (C=O) groups is 1. The lowest BCUT2D eigenvalue weighted by atomic mass is 9.67. The lowest BCUT2D eigenvalue weighted by molar-refractivity contribution is -0.118. The fourth-order valence-corrected chi connectivity index (χ4v) is 5.19. The number of ether oxygens (including phenoxy) is 3. The van der Waals surface area contributed by atoms with E-state index in [1.54, 1.807) is 19.4 Å². The minimum absolute atomic E-state index is 0.0219. The number of anilines is 1. The maximum Gasteiger partial charge on any atom is 0.263 e. The Balaban J connectivity index is 1.23. The quantitative estimate of drug-likeness (QED) is 0.427. The van der Waals surface area contributed by atoms with Crippen LogP contribution in [0, 0.1) is 5.41 Å². The highest BCUT2D eigenvalue weighted by Gasteiger charge is 2.40. The summed E-state index contributed by atoms with van der Waals surface area (Å²) in [5, 5.41) is 6.92. The van der Waals surface area contributed by atoms with Crippen molar-refractivity contribution < 1.29 is 19.0 Å². The molecule has 0 unspecified atom stereocenters. The molecule has 9 nitrogen and oxygen atoms in total. The molecule has 0 aromatic carbocycles. The number of halogens is 1. The van der Waals surface area contributed by atoms with Crippen LogP contribution in [0.4, 0.5) is 5.82 Å². The normalized spacial score (nSPS) is 23.2. The highest BCUT2D eigenvalue weighted by atomic mass is 35.5. The number of nitrogens with zero attached hydrogens (tertiary/aromatic N) is 3. The molecule has 0 spiro atoms.